The smallest absolute Gasteiger partial charge is 0.317 e. The number of piperidine rings is 1. The molecule has 0 aliphatic carbocycles. The van der Waals surface area contributed by atoms with Gasteiger partial charge in [0.2, 0.25) is 5.91 Å². The topological polar surface area (TPSA) is 91.7 Å². The molecule has 0 spiro atoms. The molecule has 3 saturated heterocycles. The van der Waals surface area contributed by atoms with Crippen LogP contribution < -0.4 is 4.74 Å². The number of aromatic hydroxyl groups is 1. The molecule has 2 aromatic carbocycles. The number of likely N-dealkylation sites (tertiary alicyclic amines) is 1. The highest BCUT2D eigenvalue weighted by molar-refractivity contribution is 5.99. The minimum Gasteiger partial charge on any atom is -0.508 e. The van der Waals surface area contributed by atoms with Crippen LogP contribution in [0.5, 0.6) is 11.8 Å². The van der Waals surface area contributed by atoms with Crippen molar-refractivity contribution in [2.45, 2.75) is 75.7 Å². The Kier molecular flexibility index (Phi) is 8.23. The molecule has 5 heterocycles. The molecule has 246 valence electrons. The van der Waals surface area contributed by atoms with E-state index in [1.165, 1.54) is 24.4 Å². The Morgan fingerprint density at radius 1 is 1.09 bits per heavy atom. The molecule has 8 nitrogen and oxygen atoms in total. The Labute approximate surface area is 269 Å². The van der Waals surface area contributed by atoms with Crippen molar-refractivity contribution in [1.29, 1.82) is 0 Å². The van der Waals surface area contributed by atoms with Crippen LogP contribution in [0.15, 0.2) is 43.1 Å². The predicted octanol–water partition coefficient (Wildman–Crippen LogP) is 6.59. The van der Waals surface area contributed by atoms with Gasteiger partial charge in [-0.1, -0.05) is 12.6 Å². The highest BCUT2D eigenvalue weighted by atomic mass is 19.2. The van der Waals surface area contributed by atoms with Gasteiger partial charge in [0.15, 0.2) is 17.5 Å². The summed E-state index contributed by atoms with van der Waals surface area (Å²) in [6.07, 6.45) is 5.14. The van der Waals surface area contributed by atoms with Gasteiger partial charge in [0, 0.05) is 53.6 Å². The molecule has 7 rings (SSSR count). The highest BCUT2D eigenvalue weighted by Gasteiger charge is 2.40. The number of benzene rings is 2. The minimum absolute atomic E-state index is 0.0621. The van der Waals surface area contributed by atoms with E-state index in [2.05, 4.69) is 21.4 Å². The summed E-state index contributed by atoms with van der Waals surface area (Å²) in [6, 6.07) is 4.26. The fraction of sp³-hybridized carbons (Fsp3) is 0.429. The number of phenolic OH excluding ortho intramolecular Hbond substituents is 1. The average molecular weight is 650 g/mol. The third-order valence-corrected chi connectivity index (χ3v) is 9.93. The zero-order chi connectivity index (χ0) is 33.0. The molecule has 3 fully saturated rings. The summed E-state index contributed by atoms with van der Waals surface area (Å²) < 4.78 is 67.2. The van der Waals surface area contributed by atoms with Crippen molar-refractivity contribution in [2.75, 3.05) is 19.6 Å². The van der Waals surface area contributed by atoms with Crippen molar-refractivity contribution < 1.29 is 32.2 Å². The Morgan fingerprint density at radius 3 is 2.70 bits per heavy atom. The lowest BCUT2D eigenvalue weighted by atomic mass is 9.87. The van der Waals surface area contributed by atoms with E-state index in [9.17, 15) is 18.7 Å². The summed E-state index contributed by atoms with van der Waals surface area (Å²) in [7, 11) is 0. The van der Waals surface area contributed by atoms with Gasteiger partial charge in [0.05, 0.1) is 5.69 Å². The Bertz CT molecular complexity index is 1890. The van der Waals surface area contributed by atoms with Crippen molar-refractivity contribution in [2.24, 2.45) is 0 Å². The first-order valence-electron chi connectivity index (χ1n) is 16.1. The molecule has 0 saturated carbocycles. The number of hydrogen-bond acceptors (Lipinski definition) is 7. The molecule has 0 bridgehead atoms. The molecule has 1 amide bonds. The van der Waals surface area contributed by atoms with Gasteiger partial charge in [-0.25, -0.2) is 17.6 Å². The standard InChI is InChI=1S/C35H35F4N5O3/c1-3-28(46)44-11-9-20(12-18(44)2)32-24-16-40-33(23-15-22(45)13-19-7-8-25(37)30(38)29(19)23)31(39)34(24)42-35(41-32)47-27-6-4-5-10-43-17-21(36)14-26(27)43/h3,7-8,13,15-16,18,20-21,26-27,45H,1,4-6,9-12,14,17H2,2H3/t18-,20?,21-,26+,27?/m1/s1. The van der Waals surface area contributed by atoms with Gasteiger partial charge < -0.3 is 14.7 Å². The van der Waals surface area contributed by atoms with Crippen molar-refractivity contribution in [1.82, 2.24) is 24.8 Å². The highest BCUT2D eigenvalue weighted by Crippen LogP contribution is 2.40. The van der Waals surface area contributed by atoms with Crippen molar-refractivity contribution in [3.63, 3.8) is 0 Å². The number of fused-ring (bicyclic) bond motifs is 3. The van der Waals surface area contributed by atoms with Crippen molar-refractivity contribution in [3.8, 4) is 23.0 Å². The van der Waals surface area contributed by atoms with E-state index in [1.807, 2.05) is 6.92 Å². The number of halogens is 4. The average Bonchev–Trinajstić information content (AvgIpc) is 3.33. The van der Waals surface area contributed by atoms with Crippen LogP contribution in [0.1, 0.15) is 57.1 Å². The number of carbonyl (C=O) groups excluding carboxylic acids is 1. The van der Waals surface area contributed by atoms with Crippen molar-refractivity contribution in [3.05, 3.63) is 66.3 Å². The second kappa shape index (κ2) is 12.4. The Morgan fingerprint density at radius 2 is 1.91 bits per heavy atom. The molecule has 3 aliphatic heterocycles. The van der Waals surface area contributed by atoms with Crippen LogP contribution in [0, 0.1) is 17.5 Å². The first-order valence-corrected chi connectivity index (χ1v) is 16.1. The lowest BCUT2D eigenvalue weighted by Gasteiger charge is -2.37. The quantitative estimate of drug-likeness (QED) is 0.193. The molecule has 12 heteroatoms. The van der Waals surface area contributed by atoms with E-state index < -0.39 is 29.7 Å². The van der Waals surface area contributed by atoms with Crippen LogP contribution in [0.25, 0.3) is 32.9 Å². The maximum atomic E-state index is 16.7. The van der Waals surface area contributed by atoms with Gasteiger partial charge in [0.25, 0.3) is 0 Å². The van der Waals surface area contributed by atoms with Gasteiger partial charge in [-0.2, -0.15) is 9.97 Å². The lowest BCUT2D eigenvalue weighted by molar-refractivity contribution is -0.129. The van der Waals surface area contributed by atoms with Crippen LogP contribution in [-0.4, -0.2) is 79.8 Å². The van der Waals surface area contributed by atoms with E-state index in [-0.39, 0.29) is 63.2 Å². The number of hydrogen-bond donors (Lipinski definition) is 1. The van der Waals surface area contributed by atoms with E-state index in [0.29, 0.717) is 49.9 Å². The fourth-order valence-corrected chi connectivity index (χ4v) is 7.69. The van der Waals surface area contributed by atoms with Gasteiger partial charge >= 0.3 is 6.01 Å². The van der Waals surface area contributed by atoms with Gasteiger partial charge in [0.1, 0.15) is 29.2 Å². The summed E-state index contributed by atoms with van der Waals surface area (Å²) in [6.45, 7) is 7.08. The van der Waals surface area contributed by atoms with Crippen LogP contribution in [0.4, 0.5) is 17.6 Å². The first kappa shape index (κ1) is 31.3. The molecule has 4 aromatic rings. The largest absolute Gasteiger partial charge is 0.508 e. The molecule has 47 heavy (non-hydrogen) atoms. The first-order chi connectivity index (χ1) is 22.6. The Balaban J connectivity index is 1.37. The fourth-order valence-electron chi connectivity index (χ4n) is 7.69. The van der Waals surface area contributed by atoms with Crippen LogP contribution in [0.2, 0.25) is 0 Å². The number of alkyl halides is 1. The van der Waals surface area contributed by atoms with E-state index in [1.54, 1.807) is 4.90 Å². The number of phenols is 1. The number of ether oxygens (including phenoxy) is 1. The summed E-state index contributed by atoms with van der Waals surface area (Å²) in [5, 5.41) is 10.7. The number of amides is 1. The summed E-state index contributed by atoms with van der Waals surface area (Å²) in [4.78, 5) is 30.0. The molecule has 3 aliphatic rings. The molecule has 2 aromatic heterocycles. The molecule has 2 unspecified atom stereocenters. The monoisotopic (exact) mass is 649 g/mol. The van der Waals surface area contributed by atoms with Gasteiger partial charge in [-0.05, 0) is 81.7 Å². The molecular weight excluding hydrogens is 614 g/mol. The second-order valence-corrected chi connectivity index (χ2v) is 12.9. The zero-order valence-corrected chi connectivity index (χ0v) is 25.9. The maximum absolute atomic E-state index is 16.7. The third-order valence-electron chi connectivity index (χ3n) is 9.93. The second-order valence-electron chi connectivity index (χ2n) is 12.9. The van der Waals surface area contributed by atoms with Gasteiger partial charge in [-0.15, -0.1) is 0 Å². The predicted molar refractivity (Wildman–Crippen MR) is 168 cm³/mol. The SMILES string of the molecule is C=CC(=O)N1CCC(c2nc(OC3CCCCN4C[C@H](F)C[C@@H]34)nc3c(F)c(-c4cc(O)cc5ccc(F)c(F)c45)ncc23)C[C@H]1C. The summed E-state index contributed by atoms with van der Waals surface area (Å²) in [5.74, 6) is -3.89. The maximum Gasteiger partial charge on any atom is 0.317 e. The normalized spacial score (nSPS) is 25.1. The van der Waals surface area contributed by atoms with Crippen LogP contribution >= 0.6 is 0 Å². The van der Waals surface area contributed by atoms with E-state index in [0.717, 1.165) is 31.5 Å². The number of pyridine rings is 1. The number of aromatic nitrogens is 3. The number of rotatable bonds is 5. The van der Waals surface area contributed by atoms with Crippen LogP contribution in [-0.2, 0) is 4.79 Å². The lowest BCUT2D eigenvalue weighted by Crippen LogP contribution is -2.43. The Hall–Kier alpha value is -4.32. The van der Waals surface area contributed by atoms with E-state index >= 15 is 8.78 Å². The summed E-state index contributed by atoms with van der Waals surface area (Å²) in [5.41, 5.74) is -0.0854. The zero-order valence-electron chi connectivity index (χ0n) is 25.9. The summed E-state index contributed by atoms with van der Waals surface area (Å²) >= 11 is 0. The molecule has 0 radical (unpaired) electrons. The molecule has 5 atom stereocenters. The molecular formula is C35H35F4N5O3. The number of nitrogens with zero attached hydrogens (tertiary/aromatic N) is 5. The third kappa shape index (κ3) is 5.66. The van der Waals surface area contributed by atoms with Gasteiger partial charge in [-0.3, -0.25) is 14.7 Å². The number of carbonyl (C=O) groups is 1. The van der Waals surface area contributed by atoms with Crippen molar-refractivity contribution >= 4 is 27.6 Å². The van der Waals surface area contributed by atoms with Crippen LogP contribution in [0.3, 0.4) is 0 Å². The van der Waals surface area contributed by atoms with E-state index in [4.69, 9.17) is 9.72 Å². The minimum atomic E-state index is -1.19. The molecule has 1 N–H and O–H groups in total.